The molecule has 0 aliphatic rings. The van der Waals surface area contributed by atoms with Crippen LogP contribution in [-0.4, -0.2) is 73.9 Å². The number of nitrogens with two attached hydrogens (primary N) is 1. The van der Waals surface area contributed by atoms with E-state index in [0.717, 1.165) is 84.0 Å². The minimum atomic E-state index is -1.01. The van der Waals surface area contributed by atoms with Crippen molar-refractivity contribution in [1.29, 1.82) is 0 Å². The van der Waals surface area contributed by atoms with Gasteiger partial charge in [-0.3, -0.25) is 9.59 Å². The number of carboxylic acids is 1. The molecular formula is C62H82Cl3N3O9. The minimum Gasteiger partial charge on any atom is -0.493 e. The Kier molecular flexibility index (Phi) is 26.3. The summed E-state index contributed by atoms with van der Waals surface area (Å²) in [7, 11) is 0. The van der Waals surface area contributed by atoms with E-state index in [1.165, 1.54) is 24.3 Å². The Bertz CT molecular complexity index is 2670. The van der Waals surface area contributed by atoms with Gasteiger partial charge in [-0.05, 0) is 185 Å². The molecule has 0 bridgehead atoms. The number of nitrogens with one attached hydrogen (secondary N) is 2. The van der Waals surface area contributed by atoms with Crippen LogP contribution in [0.1, 0.15) is 180 Å². The van der Waals surface area contributed by atoms with Crippen molar-refractivity contribution in [1.82, 2.24) is 10.6 Å². The Morgan fingerprint density at radius 1 is 0.455 bits per heavy atom. The number of benzene rings is 5. The van der Waals surface area contributed by atoms with Gasteiger partial charge in [0.1, 0.15) is 22.8 Å². The summed E-state index contributed by atoms with van der Waals surface area (Å²) in [5.41, 5.74) is 9.63. The third-order valence-corrected chi connectivity index (χ3v) is 12.2. The third-order valence-electron chi connectivity index (χ3n) is 11.5. The summed E-state index contributed by atoms with van der Waals surface area (Å²) in [6, 6.07) is 29.5. The maximum atomic E-state index is 12.3. The largest absolute Gasteiger partial charge is 0.493 e. The van der Waals surface area contributed by atoms with Crippen molar-refractivity contribution < 1.29 is 43.2 Å². The van der Waals surface area contributed by atoms with Crippen molar-refractivity contribution >= 4 is 58.6 Å². The van der Waals surface area contributed by atoms with E-state index < -0.39 is 17.5 Å². The van der Waals surface area contributed by atoms with Gasteiger partial charge in [-0.25, -0.2) is 9.59 Å². The smallest absolute Gasteiger partial charge is 0.338 e. The Labute approximate surface area is 473 Å². The number of ether oxygens (including phenoxy) is 4. The van der Waals surface area contributed by atoms with E-state index in [2.05, 4.69) is 72.9 Å². The first kappa shape index (κ1) is 65.5. The first-order valence-electron chi connectivity index (χ1n) is 26.2. The van der Waals surface area contributed by atoms with Crippen LogP contribution in [0.2, 0.25) is 15.1 Å². The maximum Gasteiger partial charge on any atom is 0.338 e. The zero-order valence-electron chi connectivity index (χ0n) is 47.2. The monoisotopic (exact) mass is 1120 g/mol. The van der Waals surface area contributed by atoms with Crippen LogP contribution in [0, 0.1) is 0 Å². The Balaban J connectivity index is 0.000000318. The van der Waals surface area contributed by atoms with E-state index in [-0.39, 0.29) is 33.6 Å². The van der Waals surface area contributed by atoms with Crippen LogP contribution >= 0.6 is 34.8 Å². The van der Waals surface area contributed by atoms with Crippen LogP contribution in [0.3, 0.4) is 0 Å². The lowest BCUT2D eigenvalue weighted by atomic mass is 9.86. The summed E-state index contributed by atoms with van der Waals surface area (Å²) in [4.78, 5) is 47.3. The Morgan fingerprint density at radius 2 is 0.766 bits per heavy atom. The van der Waals surface area contributed by atoms with Crippen LogP contribution < -0.4 is 30.6 Å². The average molecular weight is 1120 g/mol. The second-order valence-corrected chi connectivity index (χ2v) is 23.9. The summed E-state index contributed by atoms with van der Waals surface area (Å²) < 4.78 is 23.0. The number of hydrogen-bond acceptors (Lipinski definition) is 9. The maximum absolute atomic E-state index is 12.3. The molecule has 15 heteroatoms. The molecule has 2 amide bonds. The van der Waals surface area contributed by atoms with E-state index in [4.69, 9.17) is 64.6 Å². The predicted molar refractivity (Wildman–Crippen MR) is 313 cm³/mol. The molecule has 12 nitrogen and oxygen atoms in total. The molecule has 77 heavy (non-hydrogen) atoms. The van der Waals surface area contributed by atoms with Gasteiger partial charge in [0.15, 0.2) is 0 Å². The van der Waals surface area contributed by atoms with Gasteiger partial charge in [-0.1, -0.05) is 97.1 Å². The summed E-state index contributed by atoms with van der Waals surface area (Å²) in [5, 5.41) is 16.7. The number of esters is 1. The highest BCUT2D eigenvalue weighted by atomic mass is 35.5. The number of halogens is 3. The molecule has 0 spiro atoms. The fourth-order valence-electron chi connectivity index (χ4n) is 7.36. The van der Waals surface area contributed by atoms with Crippen LogP contribution in [0.25, 0.3) is 0 Å². The van der Waals surface area contributed by atoms with E-state index in [9.17, 15) is 19.2 Å². The number of amides is 2. The van der Waals surface area contributed by atoms with Crippen molar-refractivity contribution in [3.63, 3.8) is 0 Å². The second-order valence-electron chi connectivity index (χ2n) is 22.6. The minimum absolute atomic E-state index is 0.0358. The zero-order valence-corrected chi connectivity index (χ0v) is 49.5. The molecule has 420 valence electrons. The topological polar surface area (TPSA) is 176 Å². The van der Waals surface area contributed by atoms with E-state index in [1.54, 1.807) is 24.3 Å². The summed E-state index contributed by atoms with van der Waals surface area (Å²) in [6.45, 7) is 28.3. The highest BCUT2D eigenvalue weighted by molar-refractivity contribution is 6.31. The van der Waals surface area contributed by atoms with Gasteiger partial charge in [-0.15, -0.1) is 0 Å². The van der Waals surface area contributed by atoms with Crippen molar-refractivity contribution in [2.45, 2.75) is 143 Å². The number of aromatic carboxylic acids is 1. The molecule has 0 fully saturated rings. The second kappa shape index (κ2) is 31.0. The summed E-state index contributed by atoms with van der Waals surface area (Å²) in [5.74, 6) is 0.802. The molecular weight excluding hydrogens is 1040 g/mol. The van der Waals surface area contributed by atoms with Crippen LogP contribution in [0.5, 0.6) is 17.2 Å². The quantitative estimate of drug-likeness (QED) is 0.0409. The molecule has 5 N–H and O–H groups in total. The van der Waals surface area contributed by atoms with Gasteiger partial charge in [0, 0.05) is 56.0 Å². The number of carboxylic acid groups (broad SMARTS) is 1. The van der Waals surface area contributed by atoms with Crippen molar-refractivity contribution in [3.05, 3.63) is 157 Å². The first-order valence-corrected chi connectivity index (χ1v) is 27.3. The van der Waals surface area contributed by atoms with Gasteiger partial charge in [0.2, 0.25) is 0 Å². The molecule has 5 rings (SSSR count). The van der Waals surface area contributed by atoms with Gasteiger partial charge in [-0.2, -0.15) is 0 Å². The van der Waals surface area contributed by atoms with Crippen molar-refractivity contribution in [2.75, 3.05) is 39.5 Å². The molecule has 0 saturated heterocycles. The fraction of sp³-hybridized carbons (Fsp3) is 0.452. The molecule has 0 radical (unpaired) electrons. The standard InChI is InChI=1S/C26H34ClNO4.C22H26ClNO4.C14H22ClNO/c1-25(2,3)21-17-20(27)13-14-22(21)31-16-8-7-15-28-23(29)18-9-11-19(12-10-18)24(30)32-26(4,5)6;1-22(2,3)18-14-17(23)10-11-19(18)28-13-5-4-12-24-20(25)15-6-8-16(9-7-15)21(26)27;1-14(2,3)12-10-11(15)6-7-13(12)17-9-5-4-8-16/h9-14,17H,7-8,15-16H2,1-6H3,(H,28,29);6-11,14H,4-5,12-13H2,1-3H3,(H,24,25)(H,26,27);6-7,10H,4-5,8-9,16H2,1-3H3. The van der Waals surface area contributed by atoms with E-state index in [1.807, 2.05) is 75.4 Å². The molecule has 0 atom stereocenters. The summed E-state index contributed by atoms with van der Waals surface area (Å²) >= 11 is 18.3. The normalized spacial score (nSPS) is 11.5. The van der Waals surface area contributed by atoms with Crippen LogP contribution in [0.4, 0.5) is 0 Å². The fourth-order valence-corrected chi connectivity index (χ4v) is 7.87. The molecule has 0 heterocycles. The number of unbranched alkanes of at least 4 members (excludes halogenated alkanes) is 3. The molecule has 0 aliphatic carbocycles. The number of hydrogen-bond donors (Lipinski definition) is 4. The van der Waals surface area contributed by atoms with E-state index in [0.29, 0.717) is 59.6 Å². The number of carbonyl (C=O) groups is 4. The lowest BCUT2D eigenvalue weighted by molar-refractivity contribution is 0.00688. The molecule has 0 unspecified atom stereocenters. The first-order chi connectivity index (χ1) is 36.0. The predicted octanol–water partition coefficient (Wildman–Crippen LogP) is 14.9. The van der Waals surface area contributed by atoms with Crippen LogP contribution in [0.15, 0.2) is 103 Å². The zero-order chi connectivity index (χ0) is 57.6. The van der Waals surface area contributed by atoms with Gasteiger partial charge >= 0.3 is 11.9 Å². The Morgan fingerprint density at radius 3 is 1.06 bits per heavy atom. The SMILES string of the molecule is CC(C)(C)OC(=O)c1ccc(C(=O)NCCCCOc2ccc(Cl)cc2C(C)(C)C)cc1.CC(C)(C)c1cc(Cl)ccc1OCCCCN.CC(C)(C)c1cc(Cl)ccc1OCCCCNC(=O)c1ccc(C(=O)O)cc1. The summed E-state index contributed by atoms with van der Waals surface area (Å²) in [6.07, 6.45) is 5.16. The lowest BCUT2D eigenvalue weighted by Crippen LogP contribution is -2.25. The number of rotatable bonds is 21. The third kappa shape index (κ3) is 24.2. The lowest BCUT2D eigenvalue weighted by Gasteiger charge is -2.23. The highest BCUT2D eigenvalue weighted by Gasteiger charge is 2.23. The van der Waals surface area contributed by atoms with Crippen LogP contribution in [-0.2, 0) is 21.0 Å². The molecule has 0 aromatic heterocycles. The van der Waals surface area contributed by atoms with E-state index >= 15 is 0 Å². The molecule has 5 aromatic rings. The Hall–Kier alpha value is -5.79. The molecule has 0 aliphatic heterocycles. The molecule has 5 aromatic carbocycles. The van der Waals surface area contributed by atoms with Gasteiger partial charge < -0.3 is 40.4 Å². The average Bonchev–Trinajstić information content (AvgIpc) is 3.35. The molecule has 0 saturated carbocycles. The highest BCUT2D eigenvalue weighted by Crippen LogP contribution is 2.36. The van der Waals surface area contributed by atoms with Gasteiger partial charge in [0.25, 0.3) is 11.8 Å². The number of carbonyl (C=O) groups excluding carboxylic acids is 3. The van der Waals surface area contributed by atoms with Gasteiger partial charge in [0.05, 0.1) is 30.9 Å². The van der Waals surface area contributed by atoms with Crippen molar-refractivity contribution in [3.8, 4) is 17.2 Å². The van der Waals surface area contributed by atoms with Crippen molar-refractivity contribution in [2.24, 2.45) is 5.73 Å².